The van der Waals surface area contributed by atoms with Crippen LogP contribution in [0.2, 0.25) is 0 Å². The third-order valence-electron chi connectivity index (χ3n) is 4.73. The van der Waals surface area contributed by atoms with Crippen LogP contribution in [0.1, 0.15) is 44.7 Å². The fourth-order valence-electron chi connectivity index (χ4n) is 3.50. The zero-order valence-electron chi connectivity index (χ0n) is 17.7. The summed E-state index contributed by atoms with van der Waals surface area (Å²) in [6.45, 7) is 2.38. The van der Waals surface area contributed by atoms with Crippen LogP contribution in [-0.4, -0.2) is 61.7 Å². The van der Waals surface area contributed by atoms with E-state index in [9.17, 15) is 26.2 Å². The summed E-state index contributed by atoms with van der Waals surface area (Å²) in [5.74, 6) is -1.11. The first-order chi connectivity index (χ1) is 14.7. The first-order valence-corrected chi connectivity index (χ1v) is 15.5. The van der Waals surface area contributed by atoms with Crippen LogP contribution in [0.5, 0.6) is 0 Å². The second-order valence-electron chi connectivity index (χ2n) is 7.70. The molecule has 1 amide bonds. The van der Waals surface area contributed by atoms with E-state index in [4.69, 9.17) is 9.79 Å². The normalized spacial score (nSPS) is 16.9. The number of sulfone groups is 1. The number of aryl methyl sites for hydroxylation is 1. The molecule has 16 heteroatoms. The Morgan fingerprint density at radius 3 is 2.47 bits per heavy atom. The van der Waals surface area contributed by atoms with Crippen molar-refractivity contribution in [3.63, 3.8) is 0 Å². The molecule has 1 saturated carbocycles. The molecule has 1 fully saturated rings. The highest BCUT2D eigenvalue weighted by atomic mass is 32.2. The summed E-state index contributed by atoms with van der Waals surface area (Å²) in [4.78, 5) is 33.4. The SMILES string of the molecule is CC(=O)Nc1nc(C)c(S(=O)(=O)NCCC(CS(=O)(=O)CC2CCCC2)OP(=O)(O)O)s1. The number of nitrogens with zero attached hydrogens (tertiary/aromatic N) is 1. The Bertz CT molecular complexity index is 1060. The van der Waals surface area contributed by atoms with Gasteiger partial charge in [-0.2, -0.15) is 0 Å². The highest BCUT2D eigenvalue weighted by Gasteiger charge is 2.30. The Hall–Kier alpha value is -0.930. The Kier molecular flexibility index (Phi) is 9.39. The van der Waals surface area contributed by atoms with Crippen LogP contribution in [0.3, 0.4) is 0 Å². The number of phosphoric ester groups is 1. The number of hydrogen-bond acceptors (Lipinski definition) is 9. The van der Waals surface area contributed by atoms with Crippen molar-refractivity contribution in [1.82, 2.24) is 9.71 Å². The van der Waals surface area contributed by atoms with Gasteiger partial charge in [-0.3, -0.25) is 9.32 Å². The Balaban J connectivity index is 2.03. The molecule has 184 valence electrons. The Morgan fingerprint density at radius 1 is 1.28 bits per heavy atom. The summed E-state index contributed by atoms with van der Waals surface area (Å²) >= 11 is 0.746. The maximum Gasteiger partial charge on any atom is 0.469 e. The molecule has 1 aliphatic carbocycles. The van der Waals surface area contributed by atoms with E-state index in [2.05, 4.69) is 19.5 Å². The maximum absolute atomic E-state index is 12.6. The fourth-order valence-corrected chi connectivity index (χ4v) is 8.71. The molecular weight excluding hydrogens is 505 g/mol. The minimum Gasteiger partial charge on any atom is -0.303 e. The monoisotopic (exact) mass is 533 g/mol. The van der Waals surface area contributed by atoms with Crippen LogP contribution < -0.4 is 10.0 Å². The van der Waals surface area contributed by atoms with Gasteiger partial charge in [-0.15, -0.1) is 0 Å². The van der Waals surface area contributed by atoms with Crippen molar-refractivity contribution in [3.05, 3.63) is 5.69 Å². The molecule has 1 aromatic rings. The second-order valence-corrected chi connectivity index (χ2v) is 14.0. The predicted octanol–water partition coefficient (Wildman–Crippen LogP) is 1.16. The minimum absolute atomic E-state index is 0.0151. The molecule has 0 bridgehead atoms. The van der Waals surface area contributed by atoms with E-state index in [1.54, 1.807) is 0 Å². The van der Waals surface area contributed by atoms with Crippen LogP contribution >= 0.6 is 19.2 Å². The van der Waals surface area contributed by atoms with Gasteiger partial charge in [-0.1, -0.05) is 24.2 Å². The summed E-state index contributed by atoms with van der Waals surface area (Å²) in [7, 11) is -12.7. The lowest BCUT2D eigenvalue weighted by molar-refractivity contribution is -0.114. The molecule has 0 aliphatic heterocycles. The predicted molar refractivity (Wildman–Crippen MR) is 118 cm³/mol. The number of carbonyl (C=O) groups excluding carboxylic acids is 1. The molecule has 2 rings (SSSR count). The summed E-state index contributed by atoms with van der Waals surface area (Å²) in [5, 5.41) is 2.50. The first kappa shape index (κ1) is 27.3. The van der Waals surface area contributed by atoms with Gasteiger partial charge in [0.25, 0.3) is 10.0 Å². The van der Waals surface area contributed by atoms with Gasteiger partial charge < -0.3 is 15.1 Å². The molecule has 1 heterocycles. The summed E-state index contributed by atoms with van der Waals surface area (Å²) in [6, 6.07) is 0. The lowest BCUT2D eigenvalue weighted by Gasteiger charge is -2.19. The van der Waals surface area contributed by atoms with Gasteiger partial charge in [0.1, 0.15) is 0 Å². The molecule has 1 unspecified atom stereocenters. The number of carbonyl (C=O) groups is 1. The lowest BCUT2D eigenvalue weighted by Crippen LogP contribution is -2.32. The average molecular weight is 534 g/mol. The molecule has 32 heavy (non-hydrogen) atoms. The van der Waals surface area contributed by atoms with Crippen LogP contribution in [0.15, 0.2) is 4.21 Å². The molecule has 1 aliphatic rings. The third kappa shape index (κ3) is 9.14. The number of aromatic nitrogens is 1. The Morgan fingerprint density at radius 2 is 1.91 bits per heavy atom. The van der Waals surface area contributed by atoms with E-state index in [1.807, 2.05) is 0 Å². The van der Waals surface area contributed by atoms with Crippen molar-refractivity contribution in [2.24, 2.45) is 5.92 Å². The number of anilines is 1. The Labute approximate surface area is 191 Å². The van der Waals surface area contributed by atoms with E-state index in [0.717, 1.165) is 37.0 Å². The summed E-state index contributed by atoms with van der Waals surface area (Å²) in [5.41, 5.74) is 0.161. The van der Waals surface area contributed by atoms with Crippen molar-refractivity contribution >= 4 is 50.1 Å². The third-order valence-corrected chi connectivity index (χ3v) is 10.3. The molecule has 0 aromatic carbocycles. The topological polar surface area (TPSA) is 189 Å². The molecule has 0 spiro atoms. The number of sulfonamides is 1. The number of hydrogen-bond donors (Lipinski definition) is 4. The van der Waals surface area contributed by atoms with Gasteiger partial charge in [0.2, 0.25) is 5.91 Å². The van der Waals surface area contributed by atoms with Gasteiger partial charge in [-0.05, 0) is 32.1 Å². The highest BCUT2D eigenvalue weighted by Crippen LogP contribution is 2.39. The quantitative estimate of drug-likeness (QED) is 0.284. The van der Waals surface area contributed by atoms with Crippen molar-refractivity contribution < 1.29 is 40.5 Å². The van der Waals surface area contributed by atoms with Crippen molar-refractivity contribution in [1.29, 1.82) is 0 Å². The molecular formula is C16H28N3O9PS3. The van der Waals surface area contributed by atoms with Crippen LogP contribution in [0, 0.1) is 12.8 Å². The molecule has 0 saturated heterocycles. The summed E-state index contributed by atoms with van der Waals surface area (Å²) < 4.78 is 68.1. The standard InChI is InChI=1S/C16H28N3O9PS3/c1-11-15(30-16(18-11)19-12(2)20)32(26,27)17-8-7-14(28-29(21,22)23)10-31(24,25)9-13-5-3-4-6-13/h13-14,17H,3-10H2,1-2H3,(H,18,19,20)(H2,21,22,23). The average Bonchev–Trinajstić information content (AvgIpc) is 3.21. The van der Waals surface area contributed by atoms with E-state index in [-0.39, 0.29) is 39.7 Å². The number of nitrogens with one attached hydrogen (secondary N) is 2. The van der Waals surface area contributed by atoms with Crippen LogP contribution in [-0.2, 0) is 33.7 Å². The number of thiazole rings is 1. The molecule has 12 nitrogen and oxygen atoms in total. The van der Waals surface area contributed by atoms with Crippen molar-refractivity contribution in [2.75, 3.05) is 23.4 Å². The largest absolute Gasteiger partial charge is 0.469 e. The van der Waals surface area contributed by atoms with Gasteiger partial charge in [0, 0.05) is 13.5 Å². The summed E-state index contributed by atoms with van der Waals surface area (Å²) in [6.07, 6.45) is 1.82. The maximum atomic E-state index is 12.6. The van der Waals surface area contributed by atoms with Crippen molar-refractivity contribution in [3.8, 4) is 0 Å². The number of amides is 1. The molecule has 0 radical (unpaired) electrons. The zero-order chi connectivity index (χ0) is 24.2. The zero-order valence-corrected chi connectivity index (χ0v) is 21.0. The lowest BCUT2D eigenvalue weighted by atomic mass is 10.1. The van der Waals surface area contributed by atoms with Gasteiger partial charge in [-0.25, -0.2) is 31.1 Å². The van der Waals surface area contributed by atoms with E-state index < -0.39 is 45.4 Å². The molecule has 4 N–H and O–H groups in total. The van der Waals surface area contributed by atoms with Crippen molar-refractivity contribution in [2.45, 2.75) is 56.3 Å². The minimum atomic E-state index is -4.99. The molecule has 1 aromatic heterocycles. The van der Waals surface area contributed by atoms with Gasteiger partial charge >= 0.3 is 7.82 Å². The highest BCUT2D eigenvalue weighted by molar-refractivity contribution is 7.92. The first-order valence-electron chi connectivity index (χ1n) is 9.86. The van der Waals surface area contributed by atoms with Gasteiger partial charge in [0.15, 0.2) is 19.2 Å². The second kappa shape index (κ2) is 11.0. The van der Waals surface area contributed by atoms with Crippen LogP contribution in [0.4, 0.5) is 5.13 Å². The van der Waals surface area contributed by atoms with E-state index in [1.165, 1.54) is 13.8 Å². The number of rotatable bonds is 12. The van der Waals surface area contributed by atoms with E-state index >= 15 is 0 Å². The van der Waals surface area contributed by atoms with Gasteiger partial charge in [0.05, 0.1) is 23.3 Å². The smallest absolute Gasteiger partial charge is 0.303 e. The van der Waals surface area contributed by atoms with Crippen LogP contribution in [0.25, 0.3) is 0 Å². The molecule has 1 atom stereocenters. The number of phosphoric acid groups is 1. The fraction of sp³-hybridized carbons (Fsp3) is 0.750. The van der Waals surface area contributed by atoms with E-state index in [0.29, 0.717) is 0 Å².